The highest BCUT2D eigenvalue weighted by atomic mass is 35.5. The largest absolute Gasteiger partial charge is 0.248 e. The van der Waals surface area contributed by atoms with E-state index < -0.39 is 0 Å². The van der Waals surface area contributed by atoms with Crippen LogP contribution in [-0.2, 0) is 7.05 Å². The van der Waals surface area contributed by atoms with E-state index in [1.54, 1.807) is 11.7 Å². The second kappa shape index (κ2) is 3.82. The number of nitrogens with zero attached hydrogens (tertiary/aromatic N) is 4. The number of hydrogen-bond donors (Lipinski definition) is 0. The zero-order valence-corrected chi connectivity index (χ0v) is 8.94. The van der Waals surface area contributed by atoms with Crippen LogP contribution in [0.15, 0.2) is 34.5 Å². The molecule has 0 fully saturated rings. The van der Waals surface area contributed by atoms with Gasteiger partial charge < -0.3 is 0 Å². The van der Waals surface area contributed by atoms with E-state index in [1.807, 2.05) is 24.3 Å². The number of halogens is 1. The Kier molecular flexibility index (Phi) is 2.51. The lowest BCUT2D eigenvalue weighted by molar-refractivity contribution is 0.696. The van der Waals surface area contributed by atoms with Crippen molar-refractivity contribution < 1.29 is 0 Å². The number of aryl methyl sites for hydroxylation is 1. The Morgan fingerprint density at radius 1 is 1.33 bits per heavy atom. The lowest BCUT2D eigenvalue weighted by Crippen LogP contribution is -2.21. The highest BCUT2D eigenvalue weighted by Crippen LogP contribution is 2.16. The smallest absolute Gasteiger partial charge is 0.179 e. The van der Waals surface area contributed by atoms with Crippen LogP contribution in [0.4, 0.5) is 0 Å². The van der Waals surface area contributed by atoms with Gasteiger partial charge in [0.05, 0.1) is 0 Å². The van der Waals surface area contributed by atoms with Gasteiger partial charge in [0, 0.05) is 24.5 Å². The Labute approximate surface area is 91.5 Å². The van der Waals surface area contributed by atoms with Crippen LogP contribution in [0.25, 0.3) is 10.8 Å². The van der Waals surface area contributed by atoms with Crippen molar-refractivity contribution in [2.75, 3.05) is 0 Å². The van der Waals surface area contributed by atoms with Crippen LogP contribution in [0.3, 0.4) is 0 Å². The molecule has 1 aromatic carbocycles. The second-order valence-electron chi connectivity index (χ2n) is 3.03. The van der Waals surface area contributed by atoms with E-state index in [-0.39, 0.29) is 0 Å². The molecular formula is C10H9ClN4. The van der Waals surface area contributed by atoms with E-state index in [1.165, 1.54) is 0 Å². The van der Waals surface area contributed by atoms with Crippen LogP contribution in [0.2, 0.25) is 5.15 Å². The van der Waals surface area contributed by atoms with Gasteiger partial charge in [0.25, 0.3) is 0 Å². The summed E-state index contributed by atoms with van der Waals surface area (Å²) < 4.78 is 1.58. The number of benzene rings is 1. The summed E-state index contributed by atoms with van der Waals surface area (Å²) in [5, 5.41) is 13.8. The van der Waals surface area contributed by atoms with E-state index in [9.17, 15) is 0 Å². The Bertz CT molecular complexity index is 585. The predicted octanol–water partition coefficient (Wildman–Crippen LogP) is 1.74. The van der Waals surface area contributed by atoms with Gasteiger partial charge in [-0.2, -0.15) is 10.2 Å². The summed E-state index contributed by atoms with van der Waals surface area (Å²) in [5.41, 5.74) is 0.644. The summed E-state index contributed by atoms with van der Waals surface area (Å²) in [6.07, 6.45) is 0. The van der Waals surface area contributed by atoms with E-state index in [0.717, 1.165) is 10.8 Å². The molecule has 0 radical (unpaired) electrons. The van der Waals surface area contributed by atoms with Crippen molar-refractivity contribution in [2.24, 2.45) is 17.3 Å². The molecule has 2 rings (SSSR count). The number of aromatic nitrogens is 2. The van der Waals surface area contributed by atoms with E-state index in [0.29, 0.717) is 10.6 Å². The molecule has 2 aromatic rings. The van der Waals surface area contributed by atoms with E-state index >= 15 is 0 Å². The van der Waals surface area contributed by atoms with Crippen molar-refractivity contribution in [3.8, 4) is 0 Å². The molecule has 4 nitrogen and oxygen atoms in total. The first-order chi connectivity index (χ1) is 7.24. The maximum absolute atomic E-state index is 6.01. The number of hydrogen-bond acceptors (Lipinski definition) is 3. The number of rotatable bonds is 1. The summed E-state index contributed by atoms with van der Waals surface area (Å²) in [7, 11) is 1.77. The first-order valence-electron chi connectivity index (χ1n) is 4.35. The van der Waals surface area contributed by atoms with Crippen molar-refractivity contribution >= 4 is 29.1 Å². The first kappa shape index (κ1) is 9.86. The molecule has 0 bridgehead atoms. The third-order valence-electron chi connectivity index (χ3n) is 2.10. The third-order valence-corrected chi connectivity index (χ3v) is 2.38. The fraction of sp³-hybridized carbons (Fsp3) is 0.100. The molecule has 0 amide bonds. The van der Waals surface area contributed by atoms with Gasteiger partial charge in [-0.25, -0.2) is 4.68 Å². The van der Waals surface area contributed by atoms with Crippen molar-refractivity contribution in [1.82, 2.24) is 9.78 Å². The fourth-order valence-corrected chi connectivity index (χ4v) is 1.73. The Balaban J connectivity index is 3.03. The van der Waals surface area contributed by atoms with Gasteiger partial charge in [0.15, 0.2) is 10.6 Å². The Hall–Kier alpha value is -1.68. The van der Waals surface area contributed by atoms with Crippen molar-refractivity contribution in [2.45, 2.75) is 0 Å². The quantitative estimate of drug-likeness (QED) is 0.533. The van der Waals surface area contributed by atoms with Crippen molar-refractivity contribution in [3.05, 3.63) is 34.9 Å². The molecule has 5 heteroatoms. The van der Waals surface area contributed by atoms with Crippen LogP contribution in [0, 0.1) is 0 Å². The van der Waals surface area contributed by atoms with Gasteiger partial charge in [-0.15, -0.1) is 5.10 Å². The van der Waals surface area contributed by atoms with Crippen molar-refractivity contribution in [1.29, 1.82) is 0 Å². The molecule has 0 aliphatic carbocycles. The summed E-state index contributed by atoms with van der Waals surface area (Å²) in [4.78, 5) is 0. The summed E-state index contributed by atoms with van der Waals surface area (Å²) >= 11 is 6.01. The fourth-order valence-electron chi connectivity index (χ4n) is 1.45. The Morgan fingerprint density at radius 3 is 2.67 bits per heavy atom. The summed E-state index contributed by atoms with van der Waals surface area (Å²) in [6.45, 7) is 3.34. The van der Waals surface area contributed by atoms with E-state index in [2.05, 4.69) is 22.0 Å². The first-order valence-corrected chi connectivity index (χ1v) is 4.73. The summed E-state index contributed by atoms with van der Waals surface area (Å²) in [6, 6.07) is 7.64. The van der Waals surface area contributed by atoms with Gasteiger partial charge in [-0.1, -0.05) is 35.9 Å². The van der Waals surface area contributed by atoms with Crippen LogP contribution in [0.1, 0.15) is 0 Å². The highest BCUT2D eigenvalue weighted by Gasteiger charge is 2.04. The highest BCUT2D eigenvalue weighted by molar-refractivity contribution is 6.34. The average molecular weight is 221 g/mol. The minimum atomic E-state index is 0.455. The van der Waals surface area contributed by atoms with Crippen LogP contribution >= 0.6 is 11.6 Å². The molecule has 0 N–H and O–H groups in total. The second-order valence-corrected chi connectivity index (χ2v) is 3.38. The standard InChI is InChI=1S/C10H9ClN4/c1-12-13-10-8-6-4-3-5-7(8)9(11)14-15(10)2/h3-6H,1H2,2H3/b13-10-. The molecule has 0 unspecified atom stereocenters. The third kappa shape index (κ3) is 1.64. The average Bonchev–Trinajstić information content (AvgIpc) is 2.24. The van der Waals surface area contributed by atoms with Gasteiger partial charge >= 0.3 is 0 Å². The van der Waals surface area contributed by atoms with Crippen LogP contribution < -0.4 is 5.49 Å². The zero-order chi connectivity index (χ0) is 10.8. The molecule has 1 heterocycles. The molecule has 0 saturated heterocycles. The van der Waals surface area contributed by atoms with Gasteiger partial charge in [-0.3, -0.25) is 0 Å². The maximum Gasteiger partial charge on any atom is 0.179 e. The monoisotopic (exact) mass is 220 g/mol. The molecule has 0 aliphatic rings. The zero-order valence-electron chi connectivity index (χ0n) is 8.18. The molecule has 0 spiro atoms. The van der Waals surface area contributed by atoms with Gasteiger partial charge in [-0.05, 0) is 0 Å². The van der Waals surface area contributed by atoms with Crippen molar-refractivity contribution in [3.63, 3.8) is 0 Å². The molecule has 0 saturated carbocycles. The molecule has 0 atom stereocenters. The summed E-state index contributed by atoms with van der Waals surface area (Å²) in [5.74, 6) is 0. The molecule has 76 valence electrons. The van der Waals surface area contributed by atoms with Crippen LogP contribution in [-0.4, -0.2) is 16.5 Å². The topological polar surface area (TPSA) is 42.5 Å². The number of fused-ring (bicyclic) bond motifs is 1. The molecule has 0 aliphatic heterocycles. The van der Waals surface area contributed by atoms with Gasteiger partial charge in [0.2, 0.25) is 0 Å². The maximum atomic E-state index is 6.01. The normalized spacial score (nSPS) is 12.0. The lowest BCUT2D eigenvalue weighted by Gasteiger charge is -2.04. The lowest BCUT2D eigenvalue weighted by atomic mass is 10.2. The molecule has 1 aromatic heterocycles. The van der Waals surface area contributed by atoms with Crippen LogP contribution in [0.5, 0.6) is 0 Å². The molecule has 15 heavy (non-hydrogen) atoms. The minimum Gasteiger partial charge on any atom is -0.248 e. The van der Waals surface area contributed by atoms with Gasteiger partial charge in [0.1, 0.15) is 0 Å². The SMILES string of the molecule is C=N/N=c1/c2ccccc2c(Cl)nn1C. The Morgan fingerprint density at radius 2 is 2.00 bits per heavy atom. The molecular weight excluding hydrogens is 212 g/mol. The minimum absolute atomic E-state index is 0.455. The van der Waals surface area contributed by atoms with E-state index in [4.69, 9.17) is 11.6 Å². The predicted molar refractivity (Wildman–Crippen MR) is 60.8 cm³/mol.